The lowest BCUT2D eigenvalue weighted by Crippen LogP contribution is -2.34. The van der Waals surface area contributed by atoms with Crippen LogP contribution in [-0.2, 0) is 16.1 Å². The molecule has 0 aliphatic carbocycles. The first-order valence-electron chi connectivity index (χ1n) is 10.7. The maximum Gasteiger partial charge on any atom is 0.356 e. The molecular formula is C25H21N3O5S. The third-order valence-corrected chi connectivity index (χ3v) is 6.09. The van der Waals surface area contributed by atoms with Crippen LogP contribution >= 0.6 is 11.3 Å². The van der Waals surface area contributed by atoms with Crippen LogP contribution in [0.3, 0.4) is 0 Å². The Labute approximate surface area is 199 Å². The number of carbonyl (C=O) groups is 2. The largest absolute Gasteiger partial charge is 0.486 e. The van der Waals surface area contributed by atoms with Crippen molar-refractivity contribution in [3.05, 3.63) is 82.7 Å². The zero-order chi connectivity index (χ0) is 23.3. The number of anilines is 1. The van der Waals surface area contributed by atoms with Gasteiger partial charge >= 0.3 is 5.97 Å². The van der Waals surface area contributed by atoms with E-state index in [9.17, 15) is 9.59 Å². The Bertz CT molecular complexity index is 1290. The molecule has 2 aromatic heterocycles. The van der Waals surface area contributed by atoms with Crippen LogP contribution in [0.25, 0.3) is 11.3 Å². The Morgan fingerprint density at radius 1 is 1.00 bits per heavy atom. The quantitative estimate of drug-likeness (QED) is 0.401. The van der Waals surface area contributed by atoms with E-state index < -0.39 is 12.6 Å². The molecule has 34 heavy (non-hydrogen) atoms. The smallest absolute Gasteiger partial charge is 0.356 e. The highest BCUT2D eigenvalue weighted by Crippen LogP contribution is 2.34. The van der Waals surface area contributed by atoms with Gasteiger partial charge in [-0.2, -0.15) is 5.10 Å². The van der Waals surface area contributed by atoms with Gasteiger partial charge in [0.1, 0.15) is 18.9 Å². The van der Waals surface area contributed by atoms with Crippen molar-refractivity contribution in [3.8, 4) is 22.8 Å². The summed E-state index contributed by atoms with van der Waals surface area (Å²) in [6.07, 6.45) is 0. The van der Waals surface area contributed by atoms with Gasteiger partial charge in [-0.05, 0) is 29.6 Å². The molecule has 0 atom stereocenters. The van der Waals surface area contributed by atoms with E-state index in [0.717, 1.165) is 10.4 Å². The molecule has 0 fully saturated rings. The molecule has 0 radical (unpaired) electrons. The van der Waals surface area contributed by atoms with E-state index in [1.807, 2.05) is 47.8 Å². The number of esters is 1. The first kappa shape index (κ1) is 21.7. The van der Waals surface area contributed by atoms with Crippen LogP contribution in [0.1, 0.15) is 15.4 Å². The Morgan fingerprint density at radius 2 is 1.82 bits per heavy atom. The number of nitrogens with one attached hydrogen (secondary N) is 1. The number of aromatic amines is 1. The second kappa shape index (κ2) is 9.80. The third kappa shape index (κ3) is 4.79. The van der Waals surface area contributed by atoms with Crippen molar-refractivity contribution >= 4 is 28.9 Å². The summed E-state index contributed by atoms with van der Waals surface area (Å²) < 4.78 is 16.6. The van der Waals surface area contributed by atoms with E-state index in [1.54, 1.807) is 40.5 Å². The second-order valence-electron chi connectivity index (χ2n) is 7.50. The minimum Gasteiger partial charge on any atom is -0.486 e. The van der Waals surface area contributed by atoms with Gasteiger partial charge in [-0.25, -0.2) is 4.79 Å². The highest BCUT2D eigenvalue weighted by atomic mass is 32.1. The number of amides is 1. The monoisotopic (exact) mass is 475 g/mol. The lowest BCUT2D eigenvalue weighted by atomic mass is 10.1. The Kier molecular flexibility index (Phi) is 6.26. The van der Waals surface area contributed by atoms with Crippen molar-refractivity contribution in [1.29, 1.82) is 0 Å². The number of hydrogen-bond acceptors (Lipinski definition) is 7. The molecule has 0 saturated heterocycles. The fourth-order valence-electron chi connectivity index (χ4n) is 3.55. The fraction of sp³-hybridized carbons (Fsp3) is 0.160. The summed E-state index contributed by atoms with van der Waals surface area (Å²) in [5.41, 5.74) is 2.30. The normalized spacial score (nSPS) is 12.2. The Balaban J connectivity index is 1.30. The number of nitrogens with zero attached hydrogens (tertiary/aromatic N) is 2. The summed E-state index contributed by atoms with van der Waals surface area (Å²) in [5, 5.41) is 8.79. The second-order valence-corrected chi connectivity index (χ2v) is 8.53. The van der Waals surface area contributed by atoms with Crippen molar-refractivity contribution in [2.24, 2.45) is 0 Å². The first-order valence-corrected chi connectivity index (χ1v) is 11.6. The van der Waals surface area contributed by atoms with E-state index in [4.69, 9.17) is 14.2 Å². The summed E-state index contributed by atoms with van der Waals surface area (Å²) in [4.78, 5) is 28.3. The van der Waals surface area contributed by atoms with Crippen molar-refractivity contribution in [2.75, 3.05) is 24.7 Å². The molecule has 4 aromatic rings. The van der Waals surface area contributed by atoms with Gasteiger partial charge in [0.25, 0.3) is 5.91 Å². The van der Waals surface area contributed by atoms with Crippen LogP contribution in [0.5, 0.6) is 11.5 Å². The van der Waals surface area contributed by atoms with Gasteiger partial charge in [-0.15, -0.1) is 11.3 Å². The maximum atomic E-state index is 13.2. The molecule has 3 heterocycles. The number of hydrogen-bond donors (Lipinski definition) is 1. The summed E-state index contributed by atoms with van der Waals surface area (Å²) in [7, 11) is 0. The van der Waals surface area contributed by atoms with Gasteiger partial charge in [0.2, 0.25) is 0 Å². The molecule has 1 N–H and O–H groups in total. The fourth-order valence-corrected chi connectivity index (χ4v) is 4.24. The first-order chi connectivity index (χ1) is 16.7. The van der Waals surface area contributed by atoms with Crippen LogP contribution < -0.4 is 14.4 Å². The number of carbonyl (C=O) groups excluding carboxylic acids is 2. The number of aromatic nitrogens is 2. The molecule has 0 spiro atoms. The van der Waals surface area contributed by atoms with E-state index in [0.29, 0.717) is 42.6 Å². The molecule has 5 rings (SSSR count). The van der Waals surface area contributed by atoms with E-state index in [-0.39, 0.29) is 11.6 Å². The van der Waals surface area contributed by atoms with Gasteiger partial charge in [-0.3, -0.25) is 9.89 Å². The molecule has 172 valence electrons. The molecule has 2 aromatic carbocycles. The van der Waals surface area contributed by atoms with Crippen LogP contribution in [0.15, 0.2) is 72.1 Å². The molecule has 0 saturated carbocycles. The Hall–Kier alpha value is -4.11. The number of H-pyrrole nitrogens is 1. The summed E-state index contributed by atoms with van der Waals surface area (Å²) in [6.45, 7) is 0.857. The van der Waals surface area contributed by atoms with Gasteiger partial charge in [-0.1, -0.05) is 36.4 Å². The van der Waals surface area contributed by atoms with Gasteiger partial charge < -0.3 is 19.1 Å². The number of benzene rings is 2. The van der Waals surface area contributed by atoms with Crippen LogP contribution in [-0.4, -0.2) is 41.9 Å². The SMILES string of the molecule is O=C(OCC(=O)N(Cc1cccs1)c1ccc2c(c1)OCCO2)c1cc(-c2ccccc2)n[nH]1. The maximum absolute atomic E-state index is 13.2. The number of thiophene rings is 1. The van der Waals surface area contributed by atoms with Crippen LogP contribution in [0.2, 0.25) is 0 Å². The standard InChI is InChI=1S/C25H21N3O5S/c29-24(16-33-25(30)21-14-20(26-27-21)17-5-2-1-3-6-17)28(15-19-7-4-12-34-19)18-8-9-22-23(13-18)32-11-10-31-22/h1-9,12-14H,10-11,15-16H2,(H,26,27). The van der Waals surface area contributed by atoms with E-state index >= 15 is 0 Å². The molecule has 1 aliphatic heterocycles. The van der Waals surface area contributed by atoms with Crippen molar-refractivity contribution in [2.45, 2.75) is 6.54 Å². The highest BCUT2D eigenvalue weighted by Gasteiger charge is 2.22. The van der Waals surface area contributed by atoms with Gasteiger partial charge in [0.15, 0.2) is 18.1 Å². The zero-order valence-corrected chi connectivity index (χ0v) is 18.9. The Morgan fingerprint density at radius 3 is 2.62 bits per heavy atom. The predicted molar refractivity (Wildman–Crippen MR) is 127 cm³/mol. The number of ether oxygens (including phenoxy) is 3. The average Bonchev–Trinajstić information content (AvgIpc) is 3.58. The van der Waals surface area contributed by atoms with E-state index in [1.165, 1.54) is 0 Å². The average molecular weight is 476 g/mol. The van der Waals surface area contributed by atoms with Gasteiger partial charge in [0, 0.05) is 22.2 Å². The molecule has 1 aliphatic rings. The summed E-state index contributed by atoms with van der Waals surface area (Å²) in [6, 6.07) is 20.3. The lowest BCUT2D eigenvalue weighted by molar-refractivity contribution is -0.121. The van der Waals surface area contributed by atoms with Crippen LogP contribution in [0, 0.1) is 0 Å². The van der Waals surface area contributed by atoms with Crippen molar-refractivity contribution in [1.82, 2.24) is 10.2 Å². The third-order valence-electron chi connectivity index (χ3n) is 5.23. The zero-order valence-electron chi connectivity index (χ0n) is 18.1. The molecule has 8 nitrogen and oxygen atoms in total. The minimum absolute atomic E-state index is 0.177. The van der Waals surface area contributed by atoms with Crippen LogP contribution in [0.4, 0.5) is 5.69 Å². The van der Waals surface area contributed by atoms with Crippen molar-refractivity contribution < 1.29 is 23.8 Å². The van der Waals surface area contributed by atoms with Crippen molar-refractivity contribution in [3.63, 3.8) is 0 Å². The van der Waals surface area contributed by atoms with E-state index in [2.05, 4.69) is 10.2 Å². The minimum atomic E-state index is -0.652. The molecule has 0 bridgehead atoms. The molecule has 0 unspecified atom stereocenters. The predicted octanol–water partition coefficient (Wildman–Crippen LogP) is 4.30. The summed E-state index contributed by atoms with van der Waals surface area (Å²) in [5.74, 6) is 0.205. The van der Waals surface area contributed by atoms with Gasteiger partial charge in [0.05, 0.1) is 12.2 Å². The lowest BCUT2D eigenvalue weighted by Gasteiger charge is -2.25. The number of rotatable bonds is 7. The molecular weight excluding hydrogens is 454 g/mol. The topological polar surface area (TPSA) is 93.8 Å². The highest BCUT2D eigenvalue weighted by molar-refractivity contribution is 7.09. The molecule has 9 heteroatoms. The number of fused-ring (bicyclic) bond motifs is 1. The molecule has 1 amide bonds. The summed E-state index contributed by atoms with van der Waals surface area (Å²) >= 11 is 1.54.